The van der Waals surface area contributed by atoms with Crippen molar-refractivity contribution in [3.63, 3.8) is 0 Å². The van der Waals surface area contributed by atoms with Crippen LogP contribution in [0.15, 0.2) is 47.3 Å². The summed E-state index contributed by atoms with van der Waals surface area (Å²) in [4.78, 5) is 29.3. The van der Waals surface area contributed by atoms with Crippen LogP contribution in [0.25, 0.3) is 10.9 Å². The molecule has 2 aromatic carbocycles. The number of hydrogen-bond donors (Lipinski definition) is 1. The summed E-state index contributed by atoms with van der Waals surface area (Å²) < 4.78 is 0. The van der Waals surface area contributed by atoms with Crippen molar-refractivity contribution >= 4 is 28.4 Å². The number of aromatic amines is 1. The molecule has 0 radical (unpaired) electrons. The van der Waals surface area contributed by atoms with Gasteiger partial charge in [0, 0.05) is 29.2 Å². The maximum absolute atomic E-state index is 12.7. The third kappa shape index (κ3) is 3.25. The molecule has 1 aliphatic heterocycles. The van der Waals surface area contributed by atoms with Crippen LogP contribution in [0.1, 0.15) is 22.3 Å². The molecule has 0 atom stereocenters. The van der Waals surface area contributed by atoms with Crippen LogP contribution in [-0.4, -0.2) is 22.3 Å². The van der Waals surface area contributed by atoms with Crippen molar-refractivity contribution in [3.8, 4) is 0 Å². The van der Waals surface area contributed by atoms with Gasteiger partial charge in [0.25, 0.3) is 5.56 Å². The van der Waals surface area contributed by atoms with Crippen molar-refractivity contribution in [1.82, 2.24) is 9.88 Å². The predicted octanol–water partition coefficient (Wildman–Crippen LogP) is 3.62. The van der Waals surface area contributed by atoms with Gasteiger partial charge in [0.05, 0.1) is 6.42 Å². The van der Waals surface area contributed by atoms with Crippen LogP contribution in [0.2, 0.25) is 5.02 Å². The molecular formula is C21H19ClN2O2. The van der Waals surface area contributed by atoms with Gasteiger partial charge in [-0.1, -0.05) is 23.7 Å². The quantitative estimate of drug-likeness (QED) is 0.753. The van der Waals surface area contributed by atoms with E-state index in [1.54, 1.807) is 12.1 Å². The molecule has 26 heavy (non-hydrogen) atoms. The number of amides is 1. The van der Waals surface area contributed by atoms with Gasteiger partial charge in [-0.25, -0.2) is 0 Å². The van der Waals surface area contributed by atoms with Gasteiger partial charge < -0.3 is 9.88 Å². The van der Waals surface area contributed by atoms with Gasteiger partial charge in [0.1, 0.15) is 0 Å². The van der Waals surface area contributed by atoms with Crippen LogP contribution in [0, 0.1) is 6.92 Å². The number of halogens is 1. The van der Waals surface area contributed by atoms with Crippen molar-refractivity contribution in [3.05, 3.63) is 80.1 Å². The van der Waals surface area contributed by atoms with E-state index in [1.807, 2.05) is 36.1 Å². The lowest BCUT2D eigenvalue weighted by Gasteiger charge is -2.29. The molecule has 4 rings (SSSR count). The second-order valence-electron chi connectivity index (χ2n) is 6.86. The number of fused-ring (bicyclic) bond motifs is 2. The fourth-order valence-electron chi connectivity index (χ4n) is 3.48. The molecule has 0 aliphatic carbocycles. The van der Waals surface area contributed by atoms with Gasteiger partial charge in [0.15, 0.2) is 0 Å². The molecule has 0 bridgehead atoms. The molecule has 0 saturated heterocycles. The molecule has 0 unspecified atom stereocenters. The largest absolute Gasteiger partial charge is 0.338 e. The molecule has 1 aromatic heterocycles. The maximum Gasteiger partial charge on any atom is 0.251 e. The Kier molecular flexibility index (Phi) is 4.29. The summed E-state index contributed by atoms with van der Waals surface area (Å²) in [6, 6.07) is 13.5. The van der Waals surface area contributed by atoms with E-state index in [0.29, 0.717) is 30.1 Å². The van der Waals surface area contributed by atoms with E-state index < -0.39 is 0 Å². The maximum atomic E-state index is 12.7. The summed E-state index contributed by atoms with van der Waals surface area (Å²) in [5.41, 5.74) is 4.79. The number of aromatic nitrogens is 1. The SMILES string of the molecule is Cc1cc2cc3c(cc2[nH]c1=O)CN(C(=O)Cc1ccc(Cl)cc1)CC3. The number of carbonyl (C=O) groups excluding carboxylic acids is 1. The molecule has 1 amide bonds. The topological polar surface area (TPSA) is 53.2 Å². The number of H-pyrrole nitrogens is 1. The molecule has 5 heteroatoms. The second kappa shape index (κ2) is 6.61. The Balaban J connectivity index is 1.57. The summed E-state index contributed by atoms with van der Waals surface area (Å²) in [5.74, 6) is 0.107. The highest BCUT2D eigenvalue weighted by molar-refractivity contribution is 6.30. The lowest BCUT2D eigenvalue weighted by atomic mass is 9.96. The molecule has 4 nitrogen and oxygen atoms in total. The summed E-state index contributed by atoms with van der Waals surface area (Å²) in [7, 11) is 0. The zero-order valence-corrected chi connectivity index (χ0v) is 15.3. The zero-order chi connectivity index (χ0) is 18.3. The number of aryl methyl sites for hydroxylation is 1. The van der Waals surface area contributed by atoms with E-state index in [9.17, 15) is 9.59 Å². The van der Waals surface area contributed by atoms with E-state index in [2.05, 4.69) is 11.1 Å². The first-order chi connectivity index (χ1) is 12.5. The van der Waals surface area contributed by atoms with Crippen LogP contribution in [0.4, 0.5) is 0 Å². The Morgan fingerprint density at radius 3 is 2.69 bits per heavy atom. The Morgan fingerprint density at radius 1 is 1.15 bits per heavy atom. The normalized spacial score (nSPS) is 13.7. The Morgan fingerprint density at radius 2 is 1.92 bits per heavy atom. The van der Waals surface area contributed by atoms with E-state index in [-0.39, 0.29) is 11.5 Å². The molecule has 132 valence electrons. The molecule has 1 aliphatic rings. The minimum absolute atomic E-state index is 0.0658. The van der Waals surface area contributed by atoms with Gasteiger partial charge in [-0.2, -0.15) is 0 Å². The fraction of sp³-hybridized carbons (Fsp3) is 0.238. The van der Waals surface area contributed by atoms with E-state index in [4.69, 9.17) is 11.6 Å². The Labute approximate surface area is 156 Å². The molecule has 2 heterocycles. The van der Waals surface area contributed by atoms with Crippen LogP contribution >= 0.6 is 11.6 Å². The highest BCUT2D eigenvalue weighted by Gasteiger charge is 2.21. The van der Waals surface area contributed by atoms with Crippen LogP contribution < -0.4 is 5.56 Å². The van der Waals surface area contributed by atoms with Gasteiger partial charge in [0.2, 0.25) is 5.91 Å². The monoisotopic (exact) mass is 366 g/mol. The van der Waals surface area contributed by atoms with E-state index in [1.165, 1.54) is 5.56 Å². The third-order valence-corrected chi connectivity index (χ3v) is 5.24. The lowest BCUT2D eigenvalue weighted by molar-refractivity contribution is -0.131. The second-order valence-corrected chi connectivity index (χ2v) is 7.29. The number of nitrogens with one attached hydrogen (secondary N) is 1. The lowest BCUT2D eigenvalue weighted by Crippen LogP contribution is -2.37. The molecule has 0 spiro atoms. The molecule has 1 N–H and O–H groups in total. The number of carbonyl (C=O) groups is 1. The molecule has 0 fully saturated rings. The van der Waals surface area contributed by atoms with Crippen molar-refractivity contribution in [2.24, 2.45) is 0 Å². The summed E-state index contributed by atoms with van der Waals surface area (Å²) in [6.45, 7) is 3.11. The average molecular weight is 367 g/mol. The number of nitrogens with zero attached hydrogens (tertiary/aromatic N) is 1. The minimum Gasteiger partial charge on any atom is -0.338 e. The van der Waals surface area contributed by atoms with Gasteiger partial charge in [-0.3, -0.25) is 9.59 Å². The minimum atomic E-state index is -0.0658. The summed E-state index contributed by atoms with van der Waals surface area (Å²) >= 11 is 5.90. The molecule has 3 aromatic rings. The standard InChI is InChI=1S/C21H19ClN2O2/c1-13-8-16-10-15-6-7-24(12-17(15)11-19(16)23-21(13)26)20(25)9-14-2-4-18(22)5-3-14/h2-5,8,10-11H,6-7,9,12H2,1H3,(H,23,26). The first-order valence-electron chi connectivity index (χ1n) is 8.67. The van der Waals surface area contributed by atoms with Crippen molar-refractivity contribution in [1.29, 1.82) is 0 Å². The Bertz CT molecular complexity index is 1050. The molecule has 0 saturated carbocycles. The first-order valence-corrected chi connectivity index (χ1v) is 9.05. The Hall–Kier alpha value is -2.59. The predicted molar refractivity (Wildman–Crippen MR) is 104 cm³/mol. The third-order valence-electron chi connectivity index (χ3n) is 4.98. The fourth-order valence-corrected chi connectivity index (χ4v) is 3.60. The number of rotatable bonds is 2. The van der Waals surface area contributed by atoms with E-state index in [0.717, 1.165) is 28.5 Å². The van der Waals surface area contributed by atoms with Crippen LogP contribution in [0.3, 0.4) is 0 Å². The zero-order valence-electron chi connectivity index (χ0n) is 14.5. The van der Waals surface area contributed by atoms with Crippen molar-refractivity contribution in [2.75, 3.05) is 6.54 Å². The molecular weight excluding hydrogens is 348 g/mol. The summed E-state index contributed by atoms with van der Waals surface area (Å²) in [6.07, 6.45) is 1.20. The van der Waals surface area contributed by atoms with Gasteiger partial charge in [-0.15, -0.1) is 0 Å². The average Bonchev–Trinajstić information content (AvgIpc) is 2.62. The van der Waals surface area contributed by atoms with Crippen molar-refractivity contribution < 1.29 is 4.79 Å². The number of pyridine rings is 1. The van der Waals surface area contributed by atoms with Crippen LogP contribution in [-0.2, 0) is 24.2 Å². The van der Waals surface area contributed by atoms with Gasteiger partial charge >= 0.3 is 0 Å². The highest BCUT2D eigenvalue weighted by Crippen LogP contribution is 2.25. The summed E-state index contributed by atoms with van der Waals surface area (Å²) in [5, 5.41) is 1.71. The smallest absolute Gasteiger partial charge is 0.251 e. The highest BCUT2D eigenvalue weighted by atomic mass is 35.5. The van der Waals surface area contributed by atoms with Gasteiger partial charge in [-0.05, 0) is 65.8 Å². The van der Waals surface area contributed by atoms with Crippen molar-refractivity contribution in [2.45, 2.75) is 26.3 Å². The number of benzene rings is 2. The first kappa shape index (κ1) is 16.9. The van der Waals surface area contributed by atoms with Crippen LogP contribution in [0.5, 0.6) is 0 Å². The van der Waals surface area contributed by atoms with E-state index >= 15 is 0 Å². The number of hydrogen-bond acceptors (Lipinski definition) is 2.